The third-order valence-corrected chi connectivity index (χ3v) is 6.83. The topological polar surface area (TPSA) is 46.9 Å². The van der Waals surface area contributed by atoms with E-state index in [1.165, 1.54) is 16.8 Å². The molecule has 3 rings (SSSR count). The van der Waals surface area contributed by atoms with E-state index < -0.39 is 17.6 Å². The Balaban J connectivity index is 1.93. The van der Waals surface area contributed by atoms with Crippen LogP contribution < -0.4 is 5.32 Å². The van der Waals surface area contributed by atoms with Gasteiger partial charge in [0.05, 0.1) is 16.3 Å². The molecule has 1 N–H and O–H groups in total. The Kier molecular flexibility index (Phi) is 8.06. The summed E-state index contributed by atoms with van der Waals surface area (Å²) in [6.45, 7) is 10.7. The molecule has 0 aliphatic heterocycles. The van der Waals surface area contributed by atoms with Gasteiger partial charge in [-0.15, -0.1) is 0 Å². The molecule has 1 amide bonds. The number of halogens is 4. The Labute approximate surface area is 205 Å². The van der Waals surface area contributed by atoms with Gasteiger partial charge in [0.1, 0.15) is 0 Å². The van der Waals surface area contributed by atoms with Crippen molar-refractivity contribution in [1.29, 1.82) is 0 Å². The smallest absolute Gasteiger partial charge is 0.350 e. The molecule has 34 heavy (non-hydrogen) atoms. The molecule has 1 aliphatic carbocycles. The van der Waals surface area contributed by atoms with Crippen LogP contribution in [0.3, 0.4) is 0 Å². The molecule has 8 heteroatoms. The Morgan fingerprint density at radius 1 is 1.18 bits per heavy atom. The number of nitrogens with zero attached hydrogens (tertiary/aromatic N) is 2. The van der Waals surface area contributed by atoms with Gasteiger partial charge in [0.25, 0.3) is 5.91 Å². The standard InChI is InChI=1S/C26H35ClF3N3O/c1-6-33-23(19-12-11-18(14-25(3,4)5)13-20(19)26(28,29)30)21(27)22(32-33)24(34)31-15-17-9-7-16(2)8-10-17/h11-13,16-17H,6-10,14-15H2,1-5H3,(H,31,34). The van der Waals surface area contributed by atoms with Crippen LogP contribution in [0.4, 0.5) is 13.2 Å². The summed E-state index contributed by atoms with van der Waals surface area (Å²) in [6.07, 6.45) is 0.322. The summed E-state index contributed by atoms with van der Waals surface area (Å²) < 4.78 is 43.6. The van der Waals surface area contributed by atoms with Crippen molar-refractivity contribution < 1.29 is 18.0 Å². The largest absolute Gasteiger partial charge is 0.417 e. The molecule has 0 spiro atoms. The third kappa shape index (κ3) is 6.35. The van der Waals surface area contributed by atoms with Crippen LogP contribution in [0, 0.1) is 17.3 Å². The summed E-state index contributed by atoms with van der Waals surface area (Å²) in [5, 5.41) is 7.14. The Morgan fingerprint density at radius 2 is 1.82 bits per heavy atom. The number of carbonyl (C=O) groups is 1. The predicted octanol–water partition coefficient (Wildman–Crippen LogP) is 7.39. The maximum atomic E-state index is 14.1. The fourth-order valence-corrected chi connectivity index (χ4v) is 5.00. The number of rotatable bonds is 6. The summed E-state index contributed by atoms with van der Waals surface area (Å²) >= 11 is 6.54. The second-order valence-electron chi connectivity index (χ2n) is 10.8. The minimum absolute atomic E-state index is 0.0328. The summed E-state index contributed by atoms with van der Waals surface area (Å²) in [5.74, 6) is 0.663. The summed E-state index contributed by atoms with van der Waals surface area (Å²) in [7, 11) is 0. The molecular formula is C26H35ClF3N3O. The highest BCUT2D eigenvalue weighted by Gasteiger charge is 2.36. The molecule has 188 valence electrons. The van der Waals surface area contributed by atoms with Crippen molar-refractivity contribution in [2.75, 3.05) is 6.54 Å². The van der Waals surface area contributed by atoms with Gasteiger partial charge >= 0.3 is 6.18 Å². The molecule has 1 fully saturated rings. The van der Waals surface area contributed by atoms with E-state index in [2.05, 4.69) is 17.3 Å². The number of carbonyl (C=O) groups excluding carboxylic acids is 1. The first-order valence-corrected chi connectivity index (χ1v) is 12.4. The number of alkyl halides is 3. The second kappa shape index (κ2) is 10.3. The Bertz CT molecular complexity index is 1020. The first-order valence-electron chi connectivity index (χ1n) is 12.0. The maximum absolute atomic E-state index is 14.1. The molecule has 1 aliphatic rings. The molecule has 1 saturated carbocycles. The molecule has 2 aromatic rings. The summed E-state index contributed by atoms with van der Waals surface area (Å²) in [6, 6.07) is 4.33. The minimum Gasteiger partial charge on any atom is -0.350 e. The molecule has 0 bridgehead atoms. The zero-order valence-electron chi connectivity index (χ0n) is 20.7. The minimum atomic E-state index is -4.57. The van der Waals surface area contributed by atoms with Gasteiger partial charge < -0.3 is 5.32 Å². The van der Waals surface area contributed by atoms with Gasteiger partial charge in [-0.3, -0.25) is 9.48 Å². The van der Waals surface area contributed by atoms with Crippen molar-refractivity contribution in [3.8, 4) is 11.3 Å². The van der Waals surface area contributed by atoms with Gasteiger partial charge in [-0.1, -0.05) is 64.3 Å². The number of benzene rings is 1. The van der Waals surface area contributed by atoms with Crippen molar-refractivity contribution in [3.05, 3.63) is 40.0 Å². The molecular weight excluding hydrogens is 463 g/mol. The number of hydrogen-bond donors (Lipinski definition) is 1. The average Bonchev–Trinajstić information content (AvgIpc) is 3.07. The van der Waals surface area contributed by atoms with Crippen LogP contribution in [0.1, 0.15) is 81.9 Å². The van der Waals surface area contributed by atoms with Gasteiger partial charge in [-0.25, -0.2) is 0 Å². The van der Waals surface area contributed by atoms with E-state index in [4.69, 9.17) is 11.6 Å². The van der Waals surface area contributed by atoms with E-state index in [0.717, 1.165) is 25.7 Å². The van der Waals surface area contributed by atoms with Crippen molar-refractivity contribution in [3.63, 3.8) is 0 Å². The monoisotopic (exact) mass is 497 g/mol. The fourth-order valence-electron chi connectivity index (χ4n) is 4.68. The molecule has 0 saturated heterocycles. The molecule has 1 aromatic carbocycles. The molecule has 0 atom stereocenters. The number of aryl methyl sites for hydroxylation is 1. The highest BCUT2D eigenvalue weighted by atomic mass is 35.5. The first kappa shape index (κ1) is 26.6. The third-order valence-electron chi connectivity index (χ3n) is 6.47. The lowest BCUT2D eigenvalue weighted by Gasteiger charge is -2.26. The second-order valence-corrected chi connectivity index (χ2v) is 11.2. The molecule has 1 heterocycles. The SMILES string of the molecule is CCn1nc(C(=O)NCC2CCC(C)CC2)c(Cl)c1-c1ccc(CC(C)(C)C)cc1C(F)(F)F. The van der Waals surface area contributed by atoms with E-state index in [1.54, 1.807) is 13.0 Å². The Morgan fingerprint density at radius 3 is 2.38 bits per heavy atom. The number of nitrogens with one attached hydrogen (secondary N) is 1. The van der Waals surface area contributed by atoms with Crippen LogP contribution in [0.15, 0.2) is 18.2 Å². The lowest BCUT2D eigenvalue weighted by Crippen LogP contribution is -2.31. The lowest BCUT2D eigenvalue weighted by atomic mass is 9.83. The number of hydrogen-bond acceptors (Lipinski definition) is 2. The van der Waals surface area contributed by atoms with E-state index in [-0.39, 0.29) is 33.9 Å². The van der Waals surface area contributed by atoms with Crippen LogP contribution in [0.5, 0.6) is 0 Å². The first-order chi connectivity index (χ1) is 15.8. The van der Waals surface area contributed by atoms with Crippen molar-refractivity contribution >= 4 is 17.5 Å². The van der Waals surface area contributed by atoms with Crippen molar-refractivity contribution in [2.45, 2.75) is 79.4 Å². The van der Waals surface area contributed by atoms with Crippen LogP contribution in [0.2, 0.25) is 5.02 Å². The number of aromatic nitrogens is 2. The summed E-state index contributed by atoms with van der Waals surface area (Å²) in [4.78, 5) is 12.9. The van der Waals surface area contributed by atoms with E-state index in [0.29, 0.717) is 30.4 Å². The van der Waals surface area contributed by atoms with Gasteiger partial charge in [0.2, 0.25) is 0 Å². The average molecular weight is 498 g/mol. The molecule has 1 aromatic heterocycles. The van der Waals surface area contributed by atoms with Crippen LogP contribution in [0.25, 0.3) is 11.3 Å². The van der Waals surface area contributed by atoms with Crippen LogP contribution >= 0.6 is 11.6 Å². The normalized spacial score (nSPS) is 19.3. The van der Waals surface area contributed by atoms with Crippen molar-refractivity contribution in [1.82, 2.24) is 15.1 Å². The highest BCUT2D eigenvalue weighted by molar-refractivity contribution is 6.36. The zero-order valence-corrected chi connectivity index (χ0v) is 21.4. The van der Waals surface area contributed by atoms with Crippen LogP contribution in [-0.2, 0) is 19.1 Å². The predicted molar refractivity (Wildman–Crippen MR) is 130 cm³/mol. The highest BCUT2D eigenvalue weighted by Crippen LogP contribution is 2.41. The van der Waals surface area contributed by atoms with E-state index in [1.807, 2.05) is 20.8 Å². The quantitative estimate of drug-likeness (QED) is 0.452. The number of amides is 1. The molecule has 0 unspecified atom stereocenters. The molecule has 4 nitrogen and oxygen atoms in total. The molecule has 0 radical (unpaired) electrons. The van der Waals surface area contributed by atoms with Gasteiger partial charge in [-0.05, 0) is 55.1 Å². The van der Waals surface area contributed by atoms with E-state index >= 15 is 0 Å². The summed E-state index contributed by atoms with van der Waals surface area (Å²) in [5.41, 5.74) is -0.305. The maximum Gasteiger partial charge on any atom is 0.417 e. The van der Waals surface area contributed by atoms with Gasteiger partial charge in [-0.2, -0.15) is 18.3 Å². The zero-order chi connectivity index (χ0) is 25.3. The lowest BCUT2D eigenvalue weighted by molar-refractivity contribution is -0.137. The van der Waals surface area contributed by atoms with Crippen LogP contribution in [-0.4, -0.2) is 22.2 Å². The van der Waals surface area contributed by atoms with Gasteiger partial charge in [0.15, 0.2) is 5.69 Å². The fraction of sp³-hybridized carbons (Fsp3) is 0.615. The van der Waals surface area contributed by atoms with Gasteiger partial charge in [0, 0.05) is 18.7 Å². The van der Waals surface area contributed by atoms with E-state index in [9.17, 15) is 18.0 Å². The van der Waals surface area contributed by atoms with Crippen molar-refractivity contribution in [2.24, 2.45) is 17.3 Å². The Hall–Kier alpha value is -2.02.